The van der Waals surface area contributed by atoms with Gasteiger partial charge in [-0.25, -0.2) is 8.42 Å². The van der Waals surface area contributed by atoms with Crippen LogP contribution >= 0.6 is 0 Å². The molecule has 0 radical (unpaired) electrons. The van der Waals surface area contributed by atoms with Gasteiger partial charge in [-0.3, -0.25) is 9.52 Å². The number of sulfonamides is 1. The van der Waals surface area contributed by atoms with Crippen LogP contribution in [0.1, 0.15) is 12.5 Å². The van der Waals surface area contributed by atoms with E-state index in [1.807, 2.05) is 0 Å². The normalized spacial score (nSPS) is 16.9. The predicted octanol–water partition coefficient (Wildman–Crippen LogP) is 2.72. The molecule has 2 aliphatic heterocycles. The molecule has 0 bridgehead atoms. The summed E-state index contributed by atoms with van der Waals surface area (Å²) in [7, 11) is -3.96. The summed E-state index contributed by atoms with van der Waals surface area (Å²) in [6.07, 6.45) is -3.22. The topological polar surface area (TPSA) is 84.9 Å². The van der Waals surface area contributed by atoms with Gasteiger partial charge in [0, 0.05) is 25.2 Å². The first-order valence-corrected chi connectivity index (χ1v) is 9.47. The number of hydrogen-bond acceptors (Lipinski definition) is 5. The van der Waals surface area contributed by atoms with Crippen LogP contribution in [-0.2, 0) is 21.2 Å². The highest BCUT2D eigenvalue weighted by Gasteiger charge is 2.43. The van der Waals surface area contributed by atoms with Crippen molar-refractivity contribution in [3.05, 3.63) is 42.0 Å². The molecule has 0 aliphatic carbocycles. The Bertz CT molecular complexity index is 1060. The summed E-state index contributed by atoms with van der Waals surface area (Å²) < 4.78 is 62.3. The third-order valence-corrected chi connectivity index (χ3v) is 5.67. The van der Waals surface area contributed by atoms with Gasteiger partial charge in [0.1, 0.15) is 0 Å². The van der Waals surface area contributed by atoms with Crippen molar-refractivity contribution in [2.45, 2.75) is 24.5 Å². The summed E-state index contributed by atoms with van der Waals surface area (Å²) in [5.74, 6) is -0.546. The molecule has 1 N–H and O–H groups in total. The number of hydrogen-bond donors (Lipinski definition) is 1. The molecule has 10 heteroatoms. The smallest absolute Gasteiger partial charge is 0.395 e. The fourth-order valence-corrected chi connectivity index (χ4v) is 4.20. The average molecular weight is 396 g/mol. The molecule has 27 heavy (non-hydrogen) atoms. The lowest BCUT2D eigenvalue weighted by Gasteiger charge is -2.15. The Morgan fingerprint density at radius 1 is 1.15 bits per heavy atom. The number of ether oxygens (including phenoxy) is 2. The number of benzene rings is 2. The van der Waals surface area contributed by atoms with Gasteiger partial charge in [0.2, 0.25) is 5.91 Å². The lowest BCUT2D eigenvalue weighted by atomic mass is 10.2. The van der Waals surface area contributed by atoms with E-state index in [0.29, 0.717) is 18.7 Å². The van der Waals surface area contributed by atoms with Crippen LogP contribution in [0.4, 0.5) is 20.2 Å². The van der Waals surface area contributed by atoms with Crippen molar-refractivity contribution in [3.63, 3.8) is 0 Å². The van der Waals surface area contributed by atoms with Gasteiger partial charge in [-0.15, -0.1) is 8.78 Å². The van der Waals surface area contributed by atoms with Crippen LogP contribution in [-0.4, -0.2) is 27.2 Å². The Labute approximate surface area is 153 Å². The highest BCUT2D eigenvalue weighted by molar-refractivity contribution is 7.92. The lowest BCUT2D eigenvalue weighted by molar-refractivity contribution is -0.286. The zero-order chi connectivity index (χ0) is 19.4. The monoisotopic (exact) mass is 396 g/mol. The molecule has 7 nitrogen and oxygen atoms in total. The summed E-state index contributed by atoms with van der Waals surface area (Å²) >= 11 is 0. The molecule has 0 aromatic heterocycles. The summed E-state index contributed by atoms with van der Waals surface area (Å²) in [5, 5.41) is 0. The molecule has 2 aromatic carbocycles. The number of nitrogens with zero attached hydrogens (tertiary/aromatic N) is 1. The predicted molar refractivity (Wildman–Crippen MR) is 91.6 cm³/mol. The first-order chi connectivity index (χ1) is 12.6. The highest BCUT2D eigenvalue weighted by atomic mass is 32.2. The minimum absolute atomic E-state index is 0.00893. The third-order valence-electron chi connectivity index (χ3n) is 4.29. The Kier molecular flexibility index (Phi) is 3.77. The summed E-state index contributed by atoms with van der Waals surface area (Å²) in [6.45, 7) is 1.95. The van der Waals surface area contributed by atoms with Crippen LogP contribution in [0.5, 0.6) is 11.5 Å². The molecule has 0 fully saturated rings. The molecule has 0 saturated heterocycles. The van der Waals surface area contributed by atoms with Gasteiger partial charge in [0.25, 0.3) is 10.0 Å². The van der Waals surface area contributed by atoms with E-state index in [1.54, 1.807) is 11.0 Å². The zero-order valence-electron chi connectivity index (χ0n) is 14.0. The van der Waals surface area contributed by atoms with Crippen molar-refractivity contribution >= 4 is 27.3 Å². The molecule has 0 spiro atoms. The van der Waals surface area contributed by atoms with E-state index in [2.05, 4.69) is 14.2 Å². The number of carbonyl (C=O) groups is 1. The highest BCUT2D eigenvalue weighted by Crippen LogP contribution is 2.42. The number of nitrogens with one attached hydrogen (secondary N) is 1. The van der Waals surface area contributed by atoms with Crippen LogP contribution in [0.2, 0.25) is 0 Å². The number of carbonyl (C=O) groups excluding carboxylic acids is 1. The SMILES string of the molecule is CC(=O)N1CCc2cc(S(=O)(=O)Nc3ccc4c(c3)OC(F)(F)O4)ccc21. The maximum Gasteiger partial charge on any atom is 0.586 e. The molecule has 2 heterocycles. The Balaban J connectivity index is 1.60. The van der Waals surface area contributed by atoms with E-state index in [4.69, 9.17) is 0 Å². The molecular formula is C17H14F2N2O5S. The molecule has 0 unspecified atom stereocenters. The van der Waals surface area contributed by atoms with E-state index in [-0.39, 0.29) is 28.0 Å². The first-order valence-electron chi connectivity index (χ1n) is 7.98. The van der Waals surface area contributed by atoms with E-state index >= 15 is 0 Å². The number of fused-ring (bicyclic) bond motifs is 2. The fraction of sp³-hybridized carbons (Fsp3) is 0.235. The second kappa shape index (κ2) is 5.81. The van der Waals surface area contributed by atoms with Crippen LogP contribution in [0, 0.1) is 0 Å². The van der Waals surface area contributed by atoms with E-state index in [0.717, 1.165) is 11.6 Å². The first kappa shape index (κ1) is 17.5. The van der Waals surface area contributed by atoms with Gasteiger partial charge >= 0.3 is 6.29 Å². The maximum atomic E-state index is 13.1. The van der Waals surface area contributed by atoms with Crippen molar-refractivity contribution in [1.82, 2.24) is 0 Å². The average Bonchev–Trinajstić information content (AvgIpc) is 3.12. The molecule has 142 valence electrons. The molecule has 1 amide bonds. The minimum atomic E-state index is -3.96. The summed E-state index contributed by atoms with van der Waals surface area (Å²) in [6, 6.07) is 8.09. The Hall–Kier alpha value is -2.88. The standard InChI is InChI=1S/C17H14F2N2O5S/c1-10(22)21-7-6-11-8-13(3-4-14(11)21)27(23,24)20-12-2-5-15-16(9-12)26-17(18,19)25-15/h2-5,8-9,20H,6-7H2,1H3. The quantitative estimate of drug-likeness (QED) is 0.862. The fourth-order valence-electron chi connectivity index (χ4n) is 3.10. The van der Waals surface area contributed by atoms with E-state index in [1.165, 1.54) is 31.2 Å². The number of anilines is 2. The Morgan fingerprint density at radius 3 is 2.63 bits per heavy atom. The molecule has 2 aromatic rings. The van der Waals surface area contributed by atoms with Crippen LogP contribution in [0.15, 0.2) is 41.3 Å². The Morgan fingerprint density at radius 2 is 1.89 bits per heavy atom. The minimum Gasteiger partial charge on any atom is -0.395 e. The van der Waals surface area contributed by atoms with Crippen LogP contribution < -0.4 is 19.1 Å². The maximum absolute atomic E-state index is 13.1. The van der Waals surface area contributed by atoms with Crippen molar-refractivity contribution < 1.29 is 31.5 Å². The van der Waals surface area contributed by atoms with Gasteiger partial charge < -0.3 is 14.4 Å². The molecule has 4 rings (SSSR count). The summed E-state index contributed by atoms with van der Waals surface area (Å²) in [5.41, 5.74) is 1.49. The molecule has 2 aliphatic rings. The third kappa shape index (κ3) is 3.16. The second-order valence-electron chi connectivity index (χ2n) is 6.15. The van der Waals surface area contributed by atoms with Crippen molar-refractivity contribution in [3.8, 4) is 11.5 Å². The largest absolute Gasteiger partial charge is 0.586 e. The van der Waals surface area contributed by atoms with E-state index in [9.17, 15) is 22.0 Å². The van der Waals surface area contributed by atoms with Crippen LogP contribution in [0.25, 0.3) is 0 Å². The second-order valence-corrected chi connectivity index (χ2v) is 7.83. The van der Waals surface area contributed by atoms with Gasteiger partial charge in [0.05, 0.1) is 10.6 Å². The molecular weight excluding hydrogens is 382 g/mol. The van der Waals surface area contributed by atoms with Crippen molar-refractivity contribution in [2.24, 2.45) is 0 Å². The van der Waals surface area contributed by atoms with Crippen molar-refractivity contribution in [1.29, 1.82) is 0 Å². The zero-order valence-corrected chi connectivity index (χ0v) is 14.8. The van der Waals surface area contributed by atoms with Gasteiger partial charge in [-0.2, -0.15) is 0 Å². The number of amides is 1. The summed E-state index contributed by atoms with van der Waals surface area (Å²) in [4.78, 5) is 13.2. The van der Waals surface area contributed by atoms with Gasteiger partial charge in [0.15, 0.2) is 11.5 Å². The van der Waals surface area contributed by atoms with Gasteiger partial charge in [-0.1, -0.05) is 0 Å². The van der Waals surface area contributed by atoms with Crippen molar-refractivity contribution in [2.75, 3.05) is 16.2 Å². The van der Waals surface area contributed by atoms with E-state index < -0.39 is 16.3 Å². The lowest BCUT2D eigenvalue weighted by Crippen LogP contribution is -2.25. The number of alkyl halides is 2. The molecule has 0 saturated carbocycles. The molecule has 0 atom stereocenters. The number of rotatable bonds is 3. The van der Waals surface area contributed by atoms with Crippen LogP contribution in [0.3, 0.4) is 0 Å². The van der Waals surface area contributed by atoms with Gasteiger partial charge in [-0.05, 0) is 42.3 Å². The number of halogens is 2.